The Morgan fingerprint density at radius 3 is 2.59 bits per heavy atom. The Morgan fingerprint density at radius 2 is 1.82 bits per heavy atom. The lowest BCUT2D eigenvalue weighted by molar-refractivity contribution is 0.0998. The number of para-hydroxylation sites is 2. The van der Waals surface area contributed by atoms with Crippen LogP contribution in [0.2, 0.25) is 0 Å². The number of anilines is 1. The van der Waals surface area contributed by atoms with Crippen LogP contribution in [0.25, 0.3) is 10.2 Å². The lowest BCUT2D eigenvalue weighted by Crippen LogP contribution is -2.29. The molecule has 9 heteroatoms. The Hall–Kier alpha value is -3.43. The molecule has 0 N–H and O–H groups in total. The summed E-state index contributed by atoms with van der Waals surface area (Å²) < 4.78 is 36.3. The van der Waals surface area contributed by atoms with Crippen LogP contribution in [0, 0.1) is 0 Å². The predicted octanol–water partition coefficient (Wildman–Crippen LogP) is 4.13. The summed E-state index contributed by atoms with van der Waals surface area (Å²) in [6.45, 7) is 2.87. The maximum Gasteiger partial charge on any atom is 0.279 e. The van der Waals surface area contributed by atoms with Gasteiger partial charge in [0.2, 0.25) is 0 Å². The van der Waals surface area contributed by atoms with Crippen molar-refractivity contribution >= 4 is 43.2 Å². The fraction of sp³-hybridized carbons (Fsp3) is 0.200. The lowest BCUT2D eigenvalue weighted by Gasteiger charge is -2.19. The Bertz CT molecular complexity index is 1570. The number of sulfonamides is 1. The second kappa shape index (κ2) is 8.73. The fourth-order valence-electron chi connectivity index (χ4n) is 4.15. The van der Waals surface area contributed by atoms with Crippen molar-refractivity contribution < 1.29 is 17.9 Å². The highest BCUT2D eigenvalue weighted by atomic mass is 32.2. The number of ether oxygens (including phenoxy) is 1. The summed E-state index contributed by atoms with van der Waals surface area (Å²) in [7, 11) is -1.87. The molecule has 1 aliphatic heterocycles. The molecule has 0 radical (unpaired) electrons. The third-order valence-electron chi connectivity index (χ3n) is 5.82. The molecule has 7 nitrogen and oxygen atoms in total. The number of hydrogen-bond donors (Lipinski definition) is 0. The normalized spacial score (nSPS) is 13.9. The van der Waals surface area contributed by atoms with Gasteiger partial charge in [-0.25, -0.2) is 8.42 Å². The molecule has 0 unspecified atom stereocenters. The molecule has 5 rings (SSSR count). The molecule has 0 atom stereocenters. The van der Waals surface area contributed by atoms with Crippen molar-refractivity contribution in [2.75, 3.05) is 17.5 Å². The highest BCUT2D eigenvalue weighted by molar-refractivity contribution is 7.92. The molecule has 0 bridgehead atoms. The van der Waals surface area contributed by atoms with Gasteiger partial charge < -0.3 is 9.30 Å². The van der Waals surface area contributed by atoms with E-state index in [1.165, 1.54) is 39.9 Å². The summed E-state index contributed by atoms with van der Waals surface area (Å²) in [5.74, 6) is 0.307. The van der Waals surface area contributed by atoms with Gasteiger partial charge in [0.25, 0.3) is 15.9 Å². The number of thiazole rings is 1. The SMILES string of the molecule is CCOc1cccc2sc(=NC(=O)c3ccc(S(=O)(=O)N4CCc5ccccc54)cc3)n(C)c12. The molecule has 2 heterocycles. The second-order valence-corrected chi connectivity index (χ2v) is 10.7. The summed E-state index contributed by atoms with van der Waals surface area (Å²) in [4.78, 5) is 17.9. The largest absolute Gasteiger partial charge is 0.492 e. The van der Waals surface area contributed by atoms with E-state index in [4.69, 9.17) is 4.74 Å². The van der Waals surface area contributed by atoms with E-state index in [0.29, 0.717) is 35.6 Å². The van der Waals surface area contributed by atoms with Gasteiger partial charge in [0.1, 0.15) is 11.3 Å². The summed E-state index contributed by atoms with van der Waals surface area (Å²) in [5, 5.41) is 0. The minimum Gasteiger partial charge on any atom is -0.492 e. The first-order valence-electron chi connectivity index (χ1n) is 10.9. The van der Waals surface area contributed by atoms with Crippen molar-refractivity contribution in [1.29, 1.82) is 0 Å². The van der Waals surface area contributed by atoms with Crippen molar-refractivity contribution in [2.24, 2.45) is 12.0 Å². The molecule has 34 heavy (non-hydrogen) atoms. The van der Waals surface area contributed by atoms with Crippen LogP contribution in [0.3, 0.4) is 0 Å². The monoisotopic (exact) mass is 493 g/mol. The maximum atomic E-state index is 13.2. The van der Waals surface area contributed by atoms with Crippen LogP contribution in [-0.2, 0) is 23.5 Å². The number of carbonyl (C=O) groups is 1. The molecule has 174 valence electrons. The Morgan fingerprint density at radius 1 is 1.06 bits per heavy atom. The molecular formula is C25H23N3O4S2. The van der Waals surface area contributed by atoms with E-state index in [9.17, 15) is 13.2 Å². The minimum atomic E-state index is -3.71. The number of aromatic nitrogens is 1. The van der Waals surface area contributed by atoms with E-state index in [-0.39, 0.29) is 4.90 Å². The van der Waals surface area contributed by atoms with Gasteiger partial charge in [0.15, 0.2) is 4.80 Å². The molecule has 1 aromatic heterocycles. The molecule has 3 aromatic carbocycles. The summed E-state index contributed by atoms with van der Waals surface area (Å²) in [6.07, 6.45) is 0.683. The van der Waals surface area contributed by atoms with E-state index >= 15 is 0 Å². The molecule has 0 saturated heterocycles. The molecule has 0 aliphatic carbocycles. The van der Waals surface area contributed by atoms with Crippen LogP contribution < -0.4 is 13.8 Å². The second-order valence-electron chi connectivity index (χ2n) is 7.88. The quantitative estimate of drug-likeness (QED) is 0.419. The van der Waals surface area contributed by atoms with Crippen LogP contribution in [0.1, 0.15) is 22.8 Å². The van der Waals surface area contributed by atoms with Crippen molar-refractivity contribution in [3.05, 3.63) is 82.7 Å². The van der Waals surface area contributed by atoms with Crippen LogP contribution >= 0.6 is 11.3 Å². The number of rotatable bonds is 5. The topological polar surface area (TPSA) is 81.0 Å². The first-order valence-corrected chi connectivity index (χ1v) is 13.2. The van der Waals surface area contributed by atoms with Crippen molar-refractivity contribution in [1.82, 2.24) is 4.57 Å². The molecule has 0 fully saturated rings. The average molecular weight is 494 g/mol. The van der Waals surface area contributed by atoms with Crippen LogP contribution in [0.5, 0.6) is 5.75 Å². The predicted molar refractivity (Wildman–Crippen MR) is 133 cm³/mol. The first-order chi connectivity index (χ1) is 16.4. The van der Waals surface area contributed by atoms with Gasteiger partial charge in [0, 0.05) is 19.2 Å². The van der Waals surface area contributed by atoms with Gasteiger partial charge in [-0.05, 0) is 61.4 Å². The van der Waals surface area contributed by atoms with Crippen LogP contribution in [0.4, 0.5) is 5.69 Å². The average Bonchev–Trinajstić information content (AvgIpc) is 3.42. The Kier molecular flexibility index (Phi) is 5.75. The highest BCUT2D eigenvalue weighted by Gasteiger charge is 2.30. The molecule has 4 aromatic rings. The molecule has 1 amide bonds. The molecule has 0 spiro atoms. The van der Waals surface area contributed by atoms with Crippen molar-refractivity contribution in [2.45, 2.75) is 18.2 Å². The maximum absolute atomic E-state index is 13.2. The number of aryl methyl sites for hydroxylation is 1. The van der Waals surface area contributed by atoms with E-state index in [1.807, 2.05) is 61.0 Å². The number of nitrogens with zero attached hydrogens (tertiary/aromatic N) is 3. The van der Waals surface area contributed by atoms with Gasteiger partial charge >= 0.3 is 0 Å². The van der Waals surface area contributed by atoms with Gasteiger partial charge in [0.05, 0.1) is 21.9 Å². The van der Waals surface area contributed by atoms with E-state index in [0.717, 1.165) is 21.5 Å². The Labute approximate surface area is 201 Å². The Balaban J connectivity index is 1.44. The van der Waals surface area contributed by atoms with E-state index in [1.54, 1.807) is 0 Å². The molecular weight excluding hydrogens is 470 g/mol. The smallest absolute Gasteiger partial charge is 0.279 e. The zero-order valence-corrected chi connectivity index (χ0v) is 20.4. The lowest BCUT2D eigenvalue weighted by atomic mass is 10.2. The summed E-state index contributed by atoms with van der Waals surface area (Å²) in [6, 6.07) is 19.2. The molecule has 1 aliphatic rings. The third-order valence-corrected chi connectivity index (χ3v) is 8.74. The van der Waals surface area contributed by atoms with Crippen molar-refractivity contribution in [3.8, 4) is 5.75 Å². The van der Waals surface area contributed by atoms with E-state index in [2.05, 4.69) is 4.99 Å². The number of hydrogen-bond acceptors (Lipinski definition) is 5. The van der Waals surface area contributed by atoms with Gasteiger partial charge in [-0.1, -0.05) is 35.6 Å². The zero-order chi connectivity index (χ0) is 23.9. The van der Waals surface area contributed by atoms with Crippen LogP contribution in [-0.4, -0.2) is 32.0 Å². The third kappa shape index (κ3) is 3.80. The fourth-order valence-corrected chi connectivity index (χ4v) is 6.69. The summed E-state index contributed by atoms with van der Waals surface area (Å²) >= 11 is 1.40. The minimum absolute atomic E-state index is 0.148. The standard InChI is InChI=1S/C25H23N3O4S2/c1-3-32-21-9-6-10-22-23(21)27(2)25(33-22)26-24(29)18-11-13-19(14-12-18)34(30,31)28-16-15-17-7-4-5-8-20(17)28/h4-14H,3,15-16H2,1-2H3. The number of amides is 1. The summed E-state index contributed by atoms with van der Waals surface area (Å²) in [5.41, 5.74) is 2.93. The van der Waals surface area contributed by atoms with Crippen molar-refractivity contribution in [3.63, 3.8) is 0 Å². The zero-order valence-electron chi connectivity index (χ0n) is 18.8. The van der Waals surface area contributed by atoms with E-state index < -0.39 is 15.9 Å². The van der Waals surface area contributed by atoms with Crippen LogP contribution in [0.15, 0.2) is 76.6 Å². The number of fused-ring (bicyclic) bond motifs is 2. The first kappa shape index (κ1) is 22.4. The van der Waals surface area contributed by atoms with Gasteiger partial charge in [-0.15, -0.1) is 0 Å². The number of carbonyl (C=O) groups excluding carboxylic acids is 1. The van der Waals surface area contributed by atoms with Gasteiger partial charge in [-0.2, -0.15) is 4.99 Å². The highest BCUT2D eigenvalue weighted by Crippen LogP contribution is 2.32. The molecule has 0 saturated carbocycles. The number of benzene rings is 3. The van der Waals surface area contributed by atoms with Gasteiger partial charge in [-0.3, -0.25) is 9.10 Å².